The quantitative estimate of drug-likeness (QED) is 0.584. The van der Waals surface area contributed by atoms with Crippen molar-refractivity contribution in [3.05, 3.63) is 0 Å². The number of piperidine rings is 2. The molecule has 2 fully saturated rings. The van der Waals surface area contributed by atoms with Gasteiger partial charge in [-0.05, 0) is 63.7 Å². The van der Waals surface area contributed by atoms with Crippen LogP contribution in [-0.4, -0.2) is 53.6 Å². The second kappa shape index (κ2) is 10.2. The second-order valence-electron chi connectivity index (χ2n) is 11.0. The van der Waals surface area contributed by atoms with Gasteiger partial charge in [0, 0.05) is 32.1 Å². The molecule has 0 aromatic carbocycles. The Balaban J connectivity index is 0.00000204. The molecule has 0 aromatic heterocycles. The highest BCUT2D eigenvalue weighted by atomic mass is 16.6. The van der Waals surface area contributed by atoms with Crippen molar-refractivity contribution in [2.75, 3.05) is 26.2 Å². The van der Waals surface area contributed by atoms with E-state index in [2.05, 4.69) is 32.6 Å². The van der Waals surface area contributed by atoms with Crippen molar-refractivity contribution in [3.63, 3.8) is 0 Å². The van der Waals surface area contributed by atoms with E-state index < -0.39 is 5.60 Å². The van der Waals surface area contributed by atoms with Crippen LogP contribution in [0.2, 0.25) is 0 Å². The van der Waals surface area contributed by atoms with Crippen molar-refractivity contribution in [3.8, 4) is 0 Å². The molecule has 2 rings (SSSR count). The normalized spacial score (nSPS) is 20.6. The highest BCUT2D eigenvalue weighted by Gasteiger charge is 2.40. The molecule has 0 bridgehead atoms. The van der Waals surface area contributed by atoms with Gasteiger partial charge in [0.1, 0.15) is 5.60 Å². The largest absolute Gasteiger partial charge is 0.444 e. The number of ether oxygens (including phenoxy) is 1. The van der Waals surface area contributed by atoms with Gasteiger partial charge in [-0.25, -0.2) is 4.79 Å². The monoisotopic (exact) mass is 410 g/mol. The van der Waals surface area contributed by atoms with E-state index in [0.717, 1.165) is 58.3 Å². The summed E-state index contributed by atoms with van der Waals surface area (Å²) in [6, 6.07) is 0. The average Bonchev–Trinajstić information content (AvgIpc) is 2.61. The summed E-state index contributed by atoms with van der Waals surface area (Å²) in [7, 11) is 0. The molecule has 2 aliphatic rings. The average molecular weight is 411 g/mol. The van der Waals surface area contributed by atoms with Crippen molar-refractivity contribution < 1.29 is 14.3 Å². The fourth-order valence-electron chi connectivity index (χ4n) is 4.51. The lowest BCUT2D eigenvalue weighted by Crippen LogP contribution is -2.50. The SMILES string of the molecule is CC.CC(CC(C)(C)C)C(=O)N1CCC2(CCN(C(=O)OC(C)(C)C)CC2)CC1. The second-order valence-corrected chi connectivity index (χ2v) is 11.0. The highest BCUT2D eigenvalue weighted by molar-refractivity contribution is 5.78. The number of carbonyl (C=O) groups excluding carboxylic acids is 2. The number of nitrogens with zero attached hydrogens (tertiary/aromatic N) is 2. The molecule has 5 heteroatoms. The van der Waals surface area contributed by atoms with Crippen LogP contribution in [0.1, 0.15) is 94.4 Å². The predicted octanol–water partition coefficient (Wildman–Crippen LogP) is 5.72. The van der Waals surface area contributed by atoms with E-state index in [-0.39, 0.29) is 17.4 Å². The van der Waals surface area contributed by atoms with Gasteiger partial charge in [-0.1, -0.05) is 41.5 Å². The van der Waals surface area contributed by atoms with Crippen LogP contribution in [-0.2, 0) is 9.53 Å². The van der Waals surface area contributed by atoms with E-state index in [0.29, 0.717) is 11.3 Å². The number of hydrogen-bond acceptors (Lipinski definition) is 3. The number of likely N-dealkylation sites (tertiary alicyclic amines) is 2. The van der Waals surface area contributed by atoms with Crippen molar-refractivity contribution in [1.29, 1.82) is 0 Å². The van der Waals surface area contributed by atoms with Crippen molar-refractivity contribution in [2.45, 2.75) is 100 Å². The number of hydrogen-bond donors (Lipinski definition) is 0. The first-order chi connectivity index (χ1) is 13.3. The van der Waals surface area contributed by atoms with E-state index in [1.165, 1.54) is 0 Å². The van der Waals surface area contributed by atoms with Crippen LogP contribution in [0.25, 0.3) is 0 Å². The fraction of sp³-hybridized carbons (Fsp3) is 0.917. The molecular weight excluding hydrogens is 364 g/mol. The summed E-state index contributed by atoms with van der Waals surface area (Å²) in [5, 5.41) is 0. The standard InChI is InChI=1S/C22H40N2O3.C2H6/c1-17(16-20(2,3)4)18(25)23-12-8-22(9-13-23)10-14-24(15-11-22)19(26)27-21(5,6)7;1-2/h17H,8-16H2,1-7H3;1-2H3. The molecule has 2 heterocycles. The van der Waals surface area contributed by atoms with Crippen LogP contribution in [0.5, 0.6) is 0 Å². The summed E-state index contributed by atoms with van der Waals surface area (Å²) in [6.45, 7) is 21.6. The zero-order chi connectivity index (χ0) is 22.5. The van der Waals surface area contributed by atoms with Crippen molar-refractivity contribution in [1.82, 2.24) is 9.80 Å². The maximum absolute atomic E-state index is 12.8. The van der Waals surface area contributed by atoms with Crippen LogP contribution in [0, 0.1) is 16.7 Å². The molecule has 1 spiro atoms. The first-order valence-corrected chi connectivity index (χ1v) is 11.6. The summed E-state index contributed by atoms with van der Waals surface area (Å²) in [5.74, 6) is 0.402. The van der Waals surface area contributed by atoms with E-state index in [4.69, 9.17) is 4.74 Å². The summed E-state index contributed by atoms with van der Waals surface area (Å²) in [6.07, 6.45) is 4.89. The van der Waals surface area contributed by atoms with E-state index in [1.807, 2.05) is 39.5 Å². The van der Waals surface area contributed by atoms with Crippen molar-refractivity contribution in [2.24, 2.45) is 16.7 Å². The van der Waals surface area contributed by atoms with Gasteiger partial charge in [0.2, 0.25) is 5.91 Å². The molecule has 0 saturated carbocycles. The maximum Gasteiger partial charge on any atom is 0.410 e. The summed E-state index contributed by atoms with van der Waals surface area (Å²) >= 11 is 0. The lowest BCUT2D eigenvalue weighted by atomic mass is 9.71. The van der Waals surface area contributed by atoms with Crippen LogP contribution in [0.3, 0.4) is 0 Å². The van der Waals surface area contributed by atoms with Crippen molar-refractivity contribution >= 4 is 12.0 Å². The van der Waals surface area contributed by atoms with E-state index in [1.54, 1.807) is 0 Å². The van der Waals surface area contributed by atoms with Gasteiger partial charge < -0.3 is 14.5 Å². The molecule has 0 N–H and O–H groups in total. The first-order valence-electron chi connectivity index (χ1n) is 11.6. The third-order valence-electron chi connectivity index (χ3n) is 5.95. The fourth-order valence-corrected chi connectivity index (χ4v) is 4.51. The van der Waals surface area contributed by atoms with Gasteiger partial charge in [0.05, 0.1) is 0 Å². The Morgan fingerprint density at radius 2 is 1.28 bits per heavy atom. The Labute approximate surface area is 179 Å². The molecule has 1 atom stereocenters. The number of amides is 2. The Bertz CT molecular complexity index is 527. The maximum atomic E-state index is 12.8. The number of rotatable bonds is 2. The van der Waals surface area contributed by atoms with Gasteiger partial charge in [-0.3, -0.25) is 4.79 Å². The highest BCUT2D eigenvalue weighted by Crippen LogP contribution is 2.42. The van der Waals surface area contributed by atoms with Gasteiger partial charge in [0.15, 0.2) is 0 Å². The topological polar surface area (TPSA) is 49.9 Å². The van der Waals surface area contributed by atoms with Crippen LogP contribution >= 0.6 is 0 Å². The van der Waals surface area contributed by atoms with E-state index >= 15 is 0 Å². The van der Waals surface area contributed by atoms with E-state index in [9.17, 15) is 9.59 Å². The summed E-state index contributed by atoms with van der Waals surface area (Å²) in [4.78, 5) is 29.0. The zero-order valence-electron chi connectivity index (χ0n) is 20.6. The minimum Gasteiger partial charge on any atom is -0.444 e. The molecule has 2 aliphatic heterocycles. The van der Waals surface area contributed by atoms with Crippen LogP contribution < -0.4 is 0 Å². The lowest BCUT2D eigenvalue weighted by molar-refractivity contribution is -0.138. The molecule has 170 valence electrons. The first kappa shape index (κ1) is 25.8. The molecule has 2 saturated heterocycles. The Hall–Kier alpha value is -1.26. The molecular formula is C24H46N2O3. The molecule has 0 radical (unpaired) electrons. The summed E-state index contributed by atoms with van der Waals surface area (Å²) in [5.41, 5.74) is 0.0325. The molecule has 2 amide bonds. The third kappa shape index (κ3) is 8.18. The number of carbonyl (C=O) groups is 2. The molecule has 29 heavy (non-hydrogen) atoms. The third-order valence-corrected chi connectivity index (χ3v) is 5.95. The molecule has 5 nitrogen and oxygen atoms in total. The summed E-state index contributed by atoms with van der Waals surface area (Å²) < 4.78 is 5.50. The van der Waals surface area contributed by atoms with Gasteiger partial charge >= 0.3 is 6.09 Å². The smallest absolute Gasteiger partial charge is 0.410 e. The van der Waals surface area contributed by atoms with Crippen LogP contribution in [0.4, 0.5) is 4.79 Å². The van der Waals surface area contributed by atoms with Gasteiger partial charge in [0.25, 0.3) is 0 Å². The molecule has 0 aliphatic carbocycles. The van der Waals surface area contributed by atoms with Gasteiger partial charge in [-0.15, -0.1) is 0 Å². The lowest BCUT2D eigenvalue weighted by Gasteiger charge is -2.47. The minimum absolute atomic E-state index is 0.0908. The Kier molecular flexibility index (Phi) is 9.04. The zero-order valence-corrected chi connectivity index (χ0v) is 20.6. The molecule has 0 aromatic rings. The van der Waals surface area contributed by atoms with Crippen LogP contribution in [0.15, 0.2) is 0 Å². The molecule has 1 unspecified atom stereocenters. The minimum atomic E-state index is -0.443. The Morgan fingerprint density at radius 3 is 1.66 bits per heavy atom. The van der Waals surface area contributed by atoms with Gasteiger partial charge in [-0.2, -0.15) is 0 Å². The predicted molar refractivity (Wildman–Crippen MR) is 120 cm³/mol. The Morgan fingerprint density at radius 1 is 0.862 bits per heavy atom.